The van der Waals surface area contributed by atoms with Crippen LogP contribution in [-0.4, -0.2) is 66.9 Å². The number of hydrogen-bond acceptors (Lipinski definition) is 4. The summed E-state index contributed by atoms with van der Waals surface area (Å²) in [5.41, 5.74) is -1.26. The summed E-state index contributed by atoms with van der Waals surface area (Å²) >= 11 is 0. The van der Waals surface area contributed by atoms with E-state index in [1.807, 2.05) is 0 Å². The first-order valence-electron chi connectivity index (χ1n) is 7.22. The third kappa shape index (κ3) is 3.83. The number of ether oxygens (including phenoxy) is 1. The van der Waals surface area contributed by atoms with Crippen LogP contribution >= 0.6 is 0 Å². The van der Waals surface area contributed by atoms with Gasteiger partial charge in [0.05, 0.1) is 6.61 Å². The summed E-state index contributed by atoms with van der Waals surface area (Å²) in [4.78, 5) is 25.4. The second-order valence-electron chi connectivity index (χ2n) is 5.47. The molecule has 0 spiro atoms. The molecular formula is C13H23N3O4. The number of carbonyl (C=O) groups excluding carboxylic acids is 1. The van der Waals surface area contributed by atoms with Crippen LogP contribution < -0.4 is 10.6 Å². The number of nitrogens with zero attached hydrogens (tertiary/aromatic N) is 1. The molecule has 2 amide bonds. The first kappa shape index (κ1) is 15.1. The molecule has 0 saturated carbocycles. The van der Waals surface area contributed by atoms with E-state index >= 15 is 0 Å². The van der Waals surface area contributed by atoms with Gasteiger partial charge in [0.15, 0.2) is 5.54 Å². The number of nitrogens with one attached hydrogen (secondary N) is 2. The van der Waals surface area contributed by atoms with Crippen LogP contribution in [0.25, 0.3) is 0 Å². The molecule has 20 heavy (non-hydrogen) atoms. The maximum absolute atomic E-state index is 11.8. The monoisotopic (exact) mass is 285 g/mol. The van der Waals surface area contributed by atoms with Gasteiger partial charge in [0, 0.05) is 19.6 Å². The number of carboxylic acids is 1. The minimum atomic E-state index is -1.26. The summed E-state index contributed by atoms with van der Waals surface area (Å²) in [5, 5.41) is 14.4. The van der Waals surface area contributed by atoms with Gasteiger partial charge in [-0.2, -0.15) is 0 Å². The molecule has 2 fully saturated rings. The number of likely N-dealkylation sites (tertiary alicyclic amines) is 1. The summed E-state index contributed by atoms with van der Waals surface area (Å²) < 4.78 is 5.09. The second kappa shape index (κ2) is 6.90. The topological polar surface area (TPSA) is 90.9 Å². The Hall–Kier alpha value is -1.34. The van der Waals surface area contributed by atoms with Crippen LogP contribution in [0.5, 0.6) is 0 Å². The Morgan fingerprint density at radius 3 is 2.65 bits per heavy atom. The fourth-order valence-corrected chi connectivity index (χ4v) is 2.66. The number of hydrogen-bond donors (Lipinski definition) is 3. The first-order chi connectivity index (χ1) is 9.62. The Labute approximate surface area is 118 Å². The Morgan fingerprint density at radius 2 is 2.05 bits per heavy atom. The van der Waals surface area contributed by atoms with Crippen molar-refractivity contribution < 1.29 is 19.4 Å². The van der Waals surface area contributed by atoms with Crippen molar-refractivity contribution in [3.63, 3.8) is 0 Å². The van der Waals surface area contributed by atoms with Crippen LogP contribution in [0.15, 0.2) is 0 Å². The van der Waals surface area contributed by atoms with Crippen LogP contribution in [0.3, 0.4) is 0 Å². The van der Waals surface area contributed by atoms with Crippen molar-refractivity contribution in [2.75, 3.05) is 39.4 Å². The van der Waals surface area contributed by atoms with Crippen LogP contribution in [0.1, 0.15) is 25.7 Å². The lowest BCUT2D eigenvalue weighted by molar-refractivity contribution is -0.144. The van der Waals surface area contributed by atoms with Gasteiger partial charge in [-0.05, 0) is 38.9 Å². The number of rotatable bonds is 6. The Morgan fingerprint density at radius 1 is 1.30 bits per heavy atom. The van der Waals surface area contributed by atoms with E-state index in [4.69, 9.17) is 4.74 Å². The van der Waals surface area contributed by atoms with Gasteiger partial charge in [-0.15, -0.1) is 0 Å². The Balaban J connectivity index is 1.65. The zero-order chi connectivity index (χ0) is 14.4. The summed E-state index contributed by atoms with van der Waals surface area (Å²) in [7, 11) is 0. The average Bonchev–Trinajstić information content (AvgIpc) is 3.06. The van der Waals surface area contributed by atoms with Crippen molar-refractivity contribution in [3.8, 4) is 0 Å². The normalized spacial score (nSPS) is 26.6. The maximum atomic E-state index is 11.8. The highest BCUT2D eigenvalue weighted by atomic mass is 16.5. The molecular weight excluding hydrogens is 262 g/mol. The molecule has 1 atom stereocenters. The number of aliphatic carboxylic acids is 1. The molecule has 1 unspecified atom stereocenters. The lowest BCUT2D eigenvalue weighted by Gasteiger charge is -2.24. The third-order valence-electron chi connectivity index (χ3n) is 3.92. The predicted molar refractivity (Wildman–Crippen MR) is 72.6 cm³/mol. The van der Waals surface area contributed by atoms with Crippen molar-refractivity contribution in [2.45, 2.75) is 31.2 Å². The number of amides is 2. The number of carboxylic acid groups (broad SMARTS) is 1. The highest BCUT2D eigenvalue weighted by Gasteiger charge is 2.43. The average molecular weight is 285 g/mol. The fraction of sp³-hybridized carbons (Fsp3) is 0.846. The molecule has 7 heteroatoms. The van der Waals surface area contributed by atoms with Gasteiger partial charge in [0.1, 0.15) is 0 Å². The van der Waals surface area contributed by atoms with Crippen molar-refractivity contribution >= 4 is 12.0 Å². The highest BCUT2D eigenvalue weighted by Crippen LogP contribution is 2.18. The Bertz CT molecular complexity index is 350. The van der Waals surface area contributed by atoms with Gasteiger partial charge < -0.3 is 25.4 Å². The second-order valence-corrected chi connectivity index (χ2v) is 5.47. The fourth-order valence-electron chi connectivity index (χ4n) is 2.66. The van der Waals surface area contributed by atoms with E-state index in [0.29, 0.717) is 19.6 Å². The van der Waals surface area contributed by atoms with E-state index < -0.39 is 17.5 Å². The summed E-state index contributed by atoms with van der Waals surface area (Å²) in [6, 6.07) is -0.431. The molecule has 2 saturated heterocycles. The van der Waals surface area contributed by atoms with Gasteiger partial charge in [-0.25, -0.2) is 9.59 Å². The van der Waals surface area contributed by atoms with Crippen LogP contribution in [0, 0.1) is 0 Å². The standard InChI is InChI=1S/C13H23N3O4/c17-11(18)13(4-9-20-10-13)15-12(19)14-5-3-8-16-6-1-2-7-16/h1-10H2,(H,17,18)(H2,14,15,19). The van der Waals surface area contributed by atoms with Gasteiger partial charge in [0.2, 0.25) is 0 Å². The molecule has 2 aliphatic rings. The van der Waals surface area contributed by atoms with Crippen LogP contribution in [0.4, 0.5) is 4.79 Å². The molecule has 3 N–H and O–H groups in total. The van der Waals surface area contributed by atoms with Gasteiger partial charge in [0.25, 0.3) is 0 Å². The molecule has 2 rings (SSSR count). The van der Waals surface area contributed by atoms with Crippen molar-refractivity contribution in [2.24, 2.45) is 0 Å². The van der Waals surface area contributed by atoms with Gasteiger partial charge >= 0.3 is 12.0 Å². The van der Waals surface area contributed by atoms with E-state index in [2.05, 4.69) is 15.5 Å². The number of urea groups is 1. The third-order valence-corrected chi connectivity index (χ3v) is 3.92. The van der Waals surface area contributed by atoms with Gasteiger partial charge in [-0.1, -0.05) is 0 Å². The van der Waals surface area contributed by atoms with Crippen LogP contribution in [-0.2, 0) is 9.53 Å². The highest BCUT2D eigenvalue weighted by molar-refractivity contribution is 5.86. The summed E-state index contributed by atoms with van der Waals surface area (Å²) in [5.74, 6) is -1.04. The van der Waals surface area contributed by atoms with Crippen molar-refractivity contribution in [1.82, 2.24) is 15.5 Å². The maximum Gasteiger partial charge on any atom is 0.332 e. The molecule has 114 valence electrons. The molecule has 0 aromatic rings. The van der Waals surface area contributed by atoms with E-state index in [0.717, 1.165) is 26.1 Å². The van der Waals surface area contributed by atoms with Gasteiger partial charge in [-0.3, -0.25) is 0 Å². The lowest BCUT2D eigenvalue weighted by atomic mass is 9.99. The zero-order valence-corrected chi connectivity index (χ0v) is 11.7. The van der Waals surface area contributed by atoms with Crippen molar-refractivity contribution in [3.05, 3.63) is 0 Å². The van der Waals surface area contributed by atoms with E-state index in [9.17, 15) is 14.7 Å². The molecule has 2 aliphatic heterocycles. The molecule has 0 aromatic carbocycles. The molecule has 0 bridgehead atoms. The SMILES string of the molecule is O=C(NCCCN1CCCC1)NC1(C(=O)O)CCOC1. The molecule has 0 aromatic heterocycles. The summed E-state index contributed by atoms with van der Waals surface area (Å²) in [6.45, 7) is 4.22. The van der Waals surface area contributed by atoms with Crippen molar-refractivity contribution in [1.29, 1.82) is 0 Å². The summed E-state index contributed by atoms with van der Waals surface area (Å²) in [6.07, 6.45) is 3.71. The molecule has 0 aliphatic carbocycles. The molecule has 0 radical (unpaired) electrons. The number of carbonyl (C=O) groups is 2. The lowest BCUT2D eigenvalue weighted by Crippen LogP contribution is -2.57. The zero-order valence-electron chi connectivity index (χ0n) is 11.7. The van der Waals surface area contributed by atoms with E-state index in [1.165, 1.54) is 12.8 Å². The minimum absolute atomic E-state index is 0.0313. The minimum Gasteiger partial charge on any atom is -0.479 e. The molecule has 7 nitrogen and oxygen atoms in total. The van der Waals surface area contributed by atoms with E-state index in [1.54, 1.807) is 0 Å². The van der Waals surface area contributed by atoms with Crippen LogP contribution in [0.2, 0.25) is 0 Å². The molecule has 2 heterocycles. The largest absolute Gasteiger partial charge is 0.479 e. The first-order valence-corrected chi connectivity index (χ1v) is 7.22. The Kier molecular flexibility index (Phi) is 5.19. The quantitative estimate of drug-likeness (QED) is 0.598. The van der Waals surface area contributed by atoms with E-state index in [-0.39, 0.29) is 6.61 Å². The predicted octanol–water partition coefficient (Wildman–Crippen LogP) is 0.0152. The smallest absolute Gasteiger partial charge is 0.332 e.